The largest absolute Gasteiger partial charge is 0.414 e. The molecule has 1 aliphatic heterocycles. The third kappa shape index (κ3) is 4.01. The average molecular weight is 375 g/mol. The summed E-state index contributed by atoms with van der Waals surface area (Å²) in [5.74, 6) is 0.302. The molecule has 1 fully saturated rings. The molecule has 8 heteroatoms. The highest BCUT2D eigenvalue weighted by Gasteiger charge is 2.44. The summed E-state index contributed by atoms with van der Waals surface area (Å²) in [5, 5.41) is 0.106. The summed E-state index contributed by atoms with van der Waals surface area (Å²) in [4.78, 5) is 25.4. The zero-order valence-corrected chi connectivity index (χ0v) is 16.8. The highest BCUT2D eigenvalue weighted by atomic mass is 35.5. The van der Waals surface area contributed by atoms with Crippen molar-refractivity contribution in [3.05, 3.63) is 33.1 Å². The SMILES string of the molecule is CC(C)(C)[Si](C)(C)OC[C@]1(CCl)CC[C@H](n2ccc(=O)[nH]c2=O)O1. The van der Waals surface area contributed by atoms with Crippen molar-refractivity contribution in [3.8, 4) is 0 Å². The van der Waals surface area contributed by atoms with E-state index in [1.165, 1.54) is 16.8 Å². The predicted octanol–water partition coefficient (Wildman–Crippen LogP) is 2.85. The summed E-state index contributed by atoms with van der Waals surface area (Å²) in [6.45, 7) is 11.4. The van der Waals surface area contributed by atoms with Crippen molar-refractivity contribution in [1.29, 1.82) is 0 Å². The van der Waals surface area contributed by atoms with Gasteiger partial charge in [-0.3, -0.25) is 14.3 Å². The molecule has 0 aromatic carbocycles. The molecule has 0 amide bonds. The first kappa shape index (κ1) is 19.4. The van der Waals surface area contributed by atoms with Gasteiger partial charge >= 0.3 is 5.69 Å². The first-order valence-electron chi connectivity index (χ1n) is 8.19. The van der Waals surface area contributed by atoms with Gasteiger partial charge in [0.1, 0.15) is 11.8 Å². The van der Waals surface area contributed by atoms with Gasteiger partial charge in [0.2, 0.25) is 0 Å². The van der Waals surface area contributed by atoms with Gasteiger partial charge in [-0.05, 0) is 31.0 Å². The summed E-state index contributed by atoms with van der Waals surface area (Å²) < 4.78 is 13.8. The van der Waals surface area contributed by atoms with Crippen molar-refractivity contribution >= 4 is 19.9 Å². The molecule has 1 saturated heterocycles. The number of nitrogens with one attached hydrogen (secondary N) is 1. The van der Waals surface area contributed by atoms with Crippen molar-refractivity contribution < 1.29 is 9.16 Å². The Kier molecular flexibility index (Phi) is 5.49. The van der Waals surface area contributed by atoms with Gasteiger partial charge in [0.05, 0.1) is 12.5 Å². The number of hydrogen-bond donors (Lipinski definition) is 1. The molecule has 1 aromatic heterocycles. The van der Waals surface area contributed by atoms with E-state index in [2.05, 4.69) is 38.8 Å². The first-order chi connectivity index (χ1) is 11.0. The lowest BCUT2D eigenvalue weighted by Gasteiger charge is -2.39. The number of nitrogens with zero attached hydrogens (tertiary/aromatic N) is 1. The van der Waals surface area contributed by atoms with Crippen LogP contribution in [0, 0.1) is 0 Å². The molecule has 24 heavy (non-hydrogen) atoms. The van der Waals surface area contributed by atoms with Crippen molar-refractivity contribution in [3.63, 3.8) is 0 Å². The second-order valence-electron chi connectivity index (χ2n) is 7.99. The van der Waals surface area contributed by atoms with E-state index in [4.69, 9.17) is 20.8 Å². The number of hydrogen-bond acceptors (Lipinski definition) is 4. The van der Waals surface area contributed by atoms with Gasteiger partial charge in [-0.1, -0.05) is 20.8 Å². The van der Waals surface area contributed by atoms with Gasteiger partial charge in [-0.2, -0.15) is 0 Å². The maximum absolute atomic E-state index is 11.9. The van der Waals surface area contributed by atoms with Crippen LogP contribution in [0.15, 0.2) is 21.9 Å². The van der Waals surface area contributed by atoms with Crippen LogP contribution in [-0.2, 0) is 9.16 Å². The number of rotatable bonds is 5. The van der Waals surface area contributed by atoms with E-state index in [1.807, 2.05) is 0 Å². The molecule has 0 saturated carbocycles. The van der Waals surface area contributed by atoms with E-state index in [9.17, 15) is 9.59 Å². The van der Waals surface area contributed by atoms with Crippen molar-refractivity contribution in [2.45, 2.75) is 63.6 Å². The molecule has 6 nitrogen and oxygen atoms in total. The Bertz CT molecular complexity index is 694. The molecule has 1 aromatic rings. The number of ether oxygens (including phenoxy) is 1. The topological polar surface area (TPSA) is 73.3 Å². The van der Waals surface area contributed by atoms with Crippen LogP contribution in [0.25, 0.3) is 0 Å². The van der Waals surface area contributed by atoms with E-state index >= 15 is 0 Å². The Morgan fingerprint density at radius 1 is 1.46 bits per heavy atom. The fraction of sp³-hybridized carbons (Fsp3) is 0.750. The van der Waals surface area contributed by atoms with Gasteiger partial charge < -0.3 is 9.16 Å². The number of alkyl halides is 1. The van der Waals surface area contributed by atoms with E-state index in [0.717, 1.165) is 0 Å². The second kappa shape index (κ2) is 6.78. The Balaban J connectivity index is 2.13. The zero-order valence-electron chi connectivity index (χ0n) is 15.0. The maximum atomic E-state index is 11.9. The lowest BCUT2D eigenvalue weighted by atomic mass is 10.0. The Morgan fingerprint density at radius 3 is 2.67 bits per heavy atom. The summed E-state index contributed by atoms with van der Waals surface area (Å²) in [5.41, 5.74) is -1.49. The fourth-order valence-electron chi connectivity index (χ4n) is 2.41. The minimum atomic E-state index is -1.91. The fourth-order valence-corrected chi connectivity index (χ4v) is 3.75. The molecule has 1 N–H and O–H groups in total. The standard InChI is InChI=1S/C16H27ClN2O4Si/c1-15(2,3)24(4,5)22-11-16(10-17)8-6-13(23-16)19-9-7-12(20)18-14(19)21/h7,9,13H,6,8,10-11H2,1-5H3,(H,18,20,21)/t13-,16-/m1/s1. The monoisotopic (exact) mass is 374 g/mol. The molecule has 1 aliphatic rings. The third-order valence-corrected chi connectivity index (χ3v) is 10.1. The summed E-state index contributed by atoms with van der Waals surface area (Å²) >= 11 is 6.19. The van der Waals surface area contributed by atoms with Crippen molar-refractivity contribution in [2.24, 2.45) is 0 Å². The smallest absolute Gasteiger partial charge is 0.330 e. The van der Waals surface area contributed by atoms with Crippen LogP contribution in [0.3, 0.4) is 0 Å². The van der Waals surface area contributed by atoms with Crippen LogP contribution in [0.2, 0.25) is 18.1 Å². The average Bonchev–Trinajstić information content (AvgIpc) is 2.89. The van der Waals surface area contributed by atoms with Gasteiger partial charge in [-0.25, -0.2) is 4.79 Å². The quantitative estimate of drug-likeness (QED) is 0.635. The minimum absolute atomic E-state index is 0.106. The number of H-pyrrole nitrogens is 1. The Hall–Kier alpha value is -0.893. The number of aromatic amines is 1. The Morgan fingerprint density at radius 2 is 2.12 bits per heavy atom. The summed E-state index contributed by atoms with van der Waals surface area (Å²) in [7, 11) is -1.91. The molecule has 2 heterocycles. The highest BCUT2D eigenvalue weighted by Crippen LogP contribution is 2.41. The van der Waals surface area contributed by atoms with Gasteiger partial charge in [0.25, 0.3) is 5.56 Å². The van der Waals surface area contributed by atoms with Gasteiger partial charge in [0, 0.05) is 12.3 Å². The lowest BCUT2D eigenvalue weighted by Crippen LogP contribution is -2.47. The van der Waals surface area contributed by atoms with Crippen molar-refractivity contribution in [2.75, 3.05) is 12.5 Å². The molecule has 0 bridgehead atoms. The molecular weight excluding hydrogens is 348 g/mol. The third-order valence-electron chi connectivity index (χ3n) is 5.14. The van der Waals surface area contributed by atoms with E-state index < -0.39 is 31.4 Å². The lowest BCUT2D eigenvalue weighted by molar-refractivity contribution is -0.0832. The molecule has 2 atom stereocenters. The van der Waals surface area contributed by atoms with Crippen LogP contribution in [-0.4, -0.2) is 36.0 Å². The number of aromatic nitrogens is 2. The number of halogens is 1. The maximum Gasteiger partial charge on any atom is 0.330 e. The zero-order chi connectivity index (χ0) is 18.2. The molecule has 136 valence electrons. The summed E-state index contributed by atoms with van der Waals surface area (Å²) in [6, 6.07) is 1.32. The molecule has 2 rings (SSSR count). The highest BCUT2D eigenvalue weighted by molar-refractivity contribution is 6.74. The van der Waals surface area contributed by atoms with Crippen molar-refractivity contribution in [1.82, 2.24) is 9.55 Å². The van der Waals surface area contributed by atoms with E-state index in [-0.39, 0.29) is 5.04 Å². The summed E-state index contributed by atoms with van der Waals surface area (Å²) in [6.07, 6.45) is 2.39. The molecule has 0 radical (unpaired) electrons. The predicted molar refractivity (Wildman–Crippen MR) is 97.3 cm³/mol. The van der Waals surface area contributed by atoms with Crippen LogP contribution in [0.5, 0.6) is 0 Å². The molecular formula is C16H27ClN2O4Si. The van der Waals surface area contributed by atoms with Crippen LogP contribution in [0.4, 0.5) is 0 Å². The van der Waals surface area contributed by atoms with Crippen LogP contribution in [0.1, 0.15) is 39.8 Å². The van der Waals surface area contributed by atoms with E-state index in [0.29, 0.717) is 25.3 Å². The van der Waals surface area contributed by atoms with E-state index in [1.54, 1.807) is 0 Å². The van der Waals surface area contributed by atoms with Crippen LogP contribution < -0.4 is 11.2 Å². The molecule has 0 unspecified atom stereocenters. The first-order valence-corrected chi connectivity index (χ1v) is 11.6. The van der Waals surface area contributed by atoms with Gasteiger partial charge in [-0.15, -0.1) is 11.6 Å². The molecule has 0 spiro atoms. The normalized spacial score (nSPS) is 25.2. The minimum Gasteiger partial charge on any atom is -0.414 e. The van der Waals surface area contributed by atoms with Crippen LogP contribution >= 0.6 is 11.6 Å². The second-order valence-corrected chi connectivity index (χ2v) is 13.1. The molecule has 0 aliphatic carbocycles. The van der Waals surface area contributed by atoms with Gasteiger partial charge in [0.15, 0.2) is 8.32 Å². The Labute approximate surface area is 148 Å².